The smallest absolute Gasteiger partial charge is 0.239 e. The highest BCUT2D eigenvalue weighted by Crippen LogP contribution is 2.26. The Morgan fingerprint density at radius 1 is 1.00 bits per heavy atom. The Morgan fingerprint density at radius 2 is 1.76 bits per heavy atom. The normalized spacial score (nSPS) is 10.1. The minimum atomic E-state index is 0.311. The predicted octanol–water partition coefficient (Wildman–Crippen LogP) is 2.53. The number of hydrogen-bond acceptors (Lipinski definition) is 6. The van der Waals surface area contributed by atoms with Gasteiger partial charge < -0.3 is 5.32 Å². The Labute approximate surface area is 121 Å². The molecule has 0 fully saturated rings. The zero-order valence-electron chi connectivity index (χ0n) is 11.0. The fourth-order valence-corrected chi connectivity index (χ4v) is 2.05. The summed E-state index contributed by atoms with van der Waals surface area (Å²) in [6.07, 6.45) is 0. The molecule has 3 aromatic rings. The molecule has 0 saturated heterocycles. The summed E-state index contributed by atoms with van der Waals surface area (Å²) in [6, 6.07) is 17.0. The summed E-state index contributed by atoms with van der Waals surface area (Å²) < 4.78 is 0. The lowest BCUT2D eigenvalue weighted by molar-refractivity contribution is 1.15. The van der Waals surface area contributed by atoms with Gasteiger partial charge in [0.05, 0.1) is 16.8 Å². The number of aromatic nitrogens is 2. The van der Waals surface area contributed by atoms with Gasteiger partial charge in [-0.3, -0.25) is 5.43 Å². The number of anilines is 3. The highest BCUT2D eigenvalue weighted by Gasteiger charge is 2.09. The maximum absolute atomic E-state index is 9.16. The molecule has 0 saturated carbocycles. The molecule has 0 aliphatic carbocycles. The van der Waals surface area contributed by atoms with Crippen molar-refractivity contribution in [3.63, 3.8) is 0 Å². The van der Waals surface area contributed by atoms with Crippen LogP contribution in [0.15, 0.2) is 48.5 Å². The lowest BCUT2D eigenvalue weighted by Gasteiger charge is -2.11. The molecule has 0 aliphatic heterocycles. The van der Waals surface area contributed by atoms with Gasteiger partial charge in [0, 0.05) is 5.39 Å². The van der Waals surface area contributed by atoms with E-state index in [-0.39, 0.29) is 0 Å². The monoisotopic (exact) mass is 276 g/mol. The number of benzene rings is 2. The van der Waals surface area contributed by atoms with Crippen LogP contribution in [0.25, 0.3) is 10.9 Å². The summed E-state index contributed by atoms with van der Waals surface area (Å²) in [7, 11) is 0. The van der Waals surface area contributed by atoms with Crippen molar-refractivity contribution in [3.05, 3.63) is 54.1 Å². The van der Waals surface area contributed by atoms with Gasteiger partial charge in [0.2, 0.25) is 5.95 Å². The van der Waals surface area contributed by atoms with E-state index in [0.717, 1.165) is 10.9 Å². The molecule has 6 nitrogen and oxygen atoms in total. The average Bonchev–Trinajstić information content (AvgIpc) is 2.55. The molecule has 1 heterocycles. The van der Waals surface area contributed by atoms with Crippen LogP contribution in [0.5, 0.6) is 0 Å². The Balaban J connectivity index is 2.14. The van der Waals surface area contributed by atoms with Crippen molar-refractivity contribution in [2.24, 2.45) is 5.84 Å². The molecule has 0 aliphatic rings. The minimum absolute atomic E-state index is 0.311. The van der Waals surface area contributed by atoms with Crippen molar-refractivity contribution >= 4 is 28.4 Å². The summed E-state index contributed by atoms with van der Waals surface area (Å²) in [5, 5.41) is 13.2. The van der Waals surface area contributed by atoms with Crippen LogP contribution in [0.2, 0.25) is 0 Å². The van der Waals surface area contributed by atoms with E-state index in [9.17, 15) is 0 Å². The number of nitrogens with two attached hydrogens (primary N) is 1. The third-order valence-corrected chi connectivity index (χ3v) is 3.03. The summed E-state index contributed by atoms with van der Waals surface area (Å²) in [4.78, 5) is 8.61. The molecule has 21 heavy (non-hydrogen) atoms. The molecule has 2 aromatic carbocycles. The number of nitrogens with one attached hydrogen (secondary N) is 2. The highest BCUT2D eigenvalue weighted by atomic mass is 15.3. The molecule has 0 atom stereocenters. The lowest BCUT2D eigenvalue weighted by atomic mass is 10.2. The molecule has 4 N–H and O–H groups in total. The SMILES string of the molecule is N#Cc1ccccc1Nc1nc(NN)nc2ccccc12. The Morgan fingerprint density at radius 3 is 2.57 bits per heavy atom. The van der Waals surface area contributed by atoms with E-state index in [0.29, 0.717) is 23.0 Å². The topological polar surface area (TPSA) is 99.7 Å². The van der Waals surface area contributed by atoms with Crippen LogP contribution in [0.4, 0.5) is 17.5 Å². The third kappa shape index (κ3) is 2.45. The maximum Gasteiger partial charge on any atom is 0.239 e. The fraction of sp³-hybridized carbons (Fsp3) is 0. The lowest BCUT2D eigenvalue weighted by Crippen LogP contribution is -2.11. The first-order valence-corrected chi connectivity index (χ1v) is 6.31. The summed E-state index contributed by atoms with van der Waals surface area (Å²) in [6.45, 7) is 0. The second-order valence-corrected chi connectivity index (χ2v) is 4.34. The molecule has 0 unspecified atom stereocenters. The van der Waals surface area contributed by atoms with E-state index in [4.69, 9.17) is 11.1 Å². The molecule has 6 heteroatoms. The summed E-state index contributed by atoms with van der Waals surface area (Å²) in [5.74, 6) is 6.31. The molecule has 0 radical (unpaired) electrons. The number of rotatable bonds is 3. The molecule has 0 spiro atoms. The number of hydrogen-bond donors (Lipinski definition) is 3. The number of para-hydroxylation sites is 2. The van der Waals surface area contributed by atoms with Crippen molar-refractivity contribution < 1.29 is 0 Å². The second-order valence-electron chi connectivity index (χ2n) is 4.34. The first kappa shape index (κ1) is 12.8. The van der Waals surface area contributed by atoms with Crippen molar-refractivity contribution in [1.82, 2.24) is 9.97 Å². The number of nitrogens with zero attached hydrogens (tertiary/aromatic N) is 3. The van der Waals surface area contributed by atoms with E-state index in [2.05, 4.69) is 26.8 Å². The average molecular weight is 276 g/mol. The fourth-order valence-electron chi connectivity index (χ4n) is 2.05. The molecular formula is C15H12N6. The third-order valence-electron chi connectivity index (χ3n) is 3.03. The quantitative estimate of drug-likeness (QED) is 0.502. The number of hydrazine groups is 1. The van der Waals surface area contributed by atoms with E-state index < -0.39 is 0 Å². The maximum atomic E-state index is 9.16. The first-order valence-electron chi connectivity index (χ1n) is 6.31. The van der Waals surface area contributed by atoms with Gasteiger partial charge in [-0.15, -0.1) is 0 Å². The van der Waals surface area contributed by atoms with Crippen LogP contribution < -0.4 is 16.6 Å². The van der Waals surface area contributed by atoms with Crippen molar-refractivity contribution in [2.45, 2.75) is 0 Å². The summed E-state index contributed by atoms with van der Waals surface area (Å²) in [5.41, 5.74) is 4.44. The molecule has 0 bridgehead atoms. The van der Waals surface area contributed by atoms with Gasteiger partial charge in [0.1, 0.15) is 11.9 Å². The van der Waals surface area contributed by atoms with Crippen molar-refractivity contribution in [1.29, 1.82) is 5.26 Å². The minimum Gasteiger partial charge on any atom is -0.338 e. The molecule has 0 amide bonds. The van der Waals surface area contributed by atoms with Crippen molar-refractivity contribution in [3.8, 4) is 6.07 Å². The van der Waals surface area contributed by atoms with Gasteiger partial charge in [0.25, 0.3) is 0 Å². The Hall–Kier alpha value is -3.17. The highest BCUT2D eigenvalue weighted by molar-refractivity contribution is 5.92. The Bertz CT molecular complexity index is 837. The zero-order chi connectivity index (χ0) is 14.7. The predicted molar refractivity (Wildman–Crippen MR) is 81.8 cm³/mol. The van der Waals surface area contributed by atoms with Gasteiger partial charge in [0.15, 0.2) is 0 Å². The second kappa shape index (κ2) is 5.45. The molecule has 3 rings (SSSR count). The summed E-state index contributed by atoms with van der Waals surface area (Å²) >= 11 is 0. The van der Waals surface area contributed by atoms with E-state index in [1.165, 1.54) is 0 Å². The zero-order valence-corrected chi connectivity index (χ0v) is 11.0. The van der Waals surface area contributed by atoms with E-state index in [1.807, 2.05) is 42.5 Å². The van der Waals surface area contributed by atoms with Crippen LogP contribution in [0, 0.1) is 11.3 Å². The molecular weight excluding hydrogens is 264 g/mol. The van der Waals surface area contributed by atoms with Gasteiger partial charge in [-0.1, -0.05) is 24.3 Å². The van der Waals surface area contributed by atoms with Gasteiger partial charge in [-0.2, -0.15) is 10.2 Å². The first-order chi connectivity index (χ1) is 10.3. The van der Waals surface area contributed by atoms with E-state index in [1.54, 1.807) is 6.07 Å². The largest absolute Gasteiger partial charge is 0.338 e. The van der Waals surface area contributed by atoms with Crippen LogP contribution in [-0.4, -0.2) is 9.97 Å². The van der Waals surface area contributed by atoms with E-state index >= 15 is 0 Å². The van der Waals surface area contributed by atoms with Gasteiger partial charge in [-0.25, -0.2) is 10.8 Å². The number of nitriles is 1. The van der Waals surface area contributed by atoms with Crippen LogP contribution in [0.1, 0.15) is 5.56 Å². The number of nitrogen functional groups attached to an aromatic ring is 1. The molecule has 102 valence electrons. The van der Waals surface area contributed by atoms with Gasteiger partial charge in [-0.05, 0) is 24.3 Å². The van der Waals surface area contributed by atoms with Crippen LogP contribution in [0.3, 0.4) is 0 Å². The van der Waals surface area contributed by atoms with Gasteiger partial charge >= 0.3 is 0 Å². The number of fused-ring (bicyclic) bond motifs is 1. The Kier molecular flexibility index (Phi) is 3.33. The van der Waals surface area contributed by atoms with Crippen LogP contribution >= 0.6 is 0 Å². The molecule has 1 aromatic heterocycles. The van der Waals surface area contributed by atoms with Crippen molar-refractivity contribution in [2.75, 3.05) is 10.7 Å². The van der Waals surface area contributed by atoms with Crippen LogP contribution in [-0.2, 0) is 0 Å². The standard InChI is InChI=1S/C15H12N6/c16-9-10-5-1-3-7-12(10)18-14-11-6-2-4-8-13(11)19-15(20-14)21-17/h1-8H,17H2,(H2,18,19,20,21).